The van der Waals surface area contributed by atoms with Crippen LogP contribution in [0.5, 0.6) is 0 Å². The van der Waals surface area contributed by atoms with Gasteiger partial charge in [0.2, 0.25) is 0 Å². The summed E-state index contributed by atoms with van der Waals surface area (Å²) in [5.41, 5.74) is 1.88. The van der Waals surface area contributed by atoms with E-state index in [4.69, 9.17) is 0 Å². The van der Waals surface area contributed by atoms with E-state index in [1.165, 1.54) is 23.9 Å². The van der Waals surface area contributed by atoms with Crippen molar-refractivity contribution in [2.75, 3.05) is 7.05 Å². The monoisotopic (exact) mass is 338 g/mol. The van der Waals surface area contributed by atoms with E-state index in [9.17, 15) is 13.2 Å². The molecule has 0 saturated heterocycles. The van der Waals surface area contributed by atoms with Crippen LogP contribution in [0.1, 0.15) is 25.0 Å². The Hall–Kier alpha value is -1.95. The summed E-state index contributed by atoms with van der Waals surface area (Å²) < 4.78 is 38.0. The fourth-order valence-electron chi connectivity index (χ4n) is 2.10. The molecule has 1 aromatic carbocycles. The van der Waals surface area contributed by atoms with Crippen molar-refractivity contribution in [3.63, 3.8) is 0 Å². The second-order valence-electron chi connectivity index (χ2n) is 5.08. The molecule has 1 aromatic rings. The highest BCUT2D eigenvalue weighted by atomic mass is 32.2. The molecule has 0 aromatic heterocycles. The fraction of sp³-hybridized carbons (Fsp3) is 0.235. The van der Waals surface area contributed by atoms with E-state index in [0.29, 0.717) is 5.82 Å². The lowest BCUT2D eigenvalue weighted by Gasteiger charge is -2.10. The van der Waals surface area contributed by atoms with Crippen LogP contribution < -0.4 is 5.32 Å². The largest absolute Gasteiger partial charge is 0.416 e. The van der Waals surface area contributed by atoms with E-state index in [2.05, 4.69) is 16.9 Å². The molecule has 1 aliphatic heterocycles. The molecule has 0 amide bonds. The molecule has 0 radical (unpaired) electrons. The number of thioether (sulfide) groups is 1. The van der Waals surface area contributed by atoms with Crippen LogP contribution in [-0.2, 0) is 6.18 Å². The van der Waals surface area contributed by atoms with Crippen molar-refractivity contribution in [2.45, 2.75) is 20.0 Å². The molecule has 0 bridgehead atoms. The molecule has 0 spiro atoms. The average molecular weight is 338 g/mol. The summed E-state index contributed by atoms with van der Waals surface area (Å²) in [6.07, 6.45) is -2.34. The highest BCUT2D eigenvalue weighted by molar-refractivity contribution is 8.18. The van der Waals surface area contributed by atoms with Crippen LogP contribution in [0.25, 0.3) is 5.57 Å². The zero-order chi connectivity index (χ0) is 17.2. The summed E-state index contributed by atoms with van der Waals surface area (Å²) in [5, 5.41) is 3.65. The summed E-state index contributed by atoms with van der Waals surface area (Å²) in [6.45, 7) is 7.63. The zero-order valence-corrected chi connectivity index (χ0v) is 13.9. The van der Waals surface area contributed by atoms with Crippen LogP contribution in [0.4, 0.5) is 13.2 Å². The topological polar surface area (TPSA) is 24.4 Å². The van der Waals surface area contributed by atoms with Crippen molar-refractivity contribution < 1.29 is 13.2 Å². The number of hydrogen-bond donors (Lipinski definition) is 1. The maximum Gasteiger partial charge on any atom is 0.416 e. The lowest BCUT2D eigenvalue weighted by atomic mass is 10.00. The number of benzene rings is 1. The van der Waals surface area contributed by atoms with Crippen LogP contribution in [0.15, 0.2) is 58.2 Å². The summed E-state index contributed by atoms with van der Waals surface area (Å²) >= 11 is 1.52. The van der Waals surface area contributed by atoms with Crippen LogP contribution in [-0.4, -0.2) is 12.1 Å². The predicted octanol–water partition coefficient (Wildman–Crippen LogP) is 5.22. The van der Waals surface area contributed by atoms with Gasteiger partial charge in [0.1, 0.15) is 10.9 Å². The first-order valence-corrected chi connectivity index (χ1v) is 7.74. The molecule has 1 aliphatic rings. The minimum absolute atomic E-state index is 0.535. The molecule has 0 saturated carbocycles. The number of allylic oxidation sites excluding steroid dienone is 3. The number of aliphatic imine (C=N–C) groups is 1. The van der Waals surface area contributed by atoms with Crippen molar-refractivity contribution in [3.8, 4) is 0 Å². The summed E-state index contributed by atoms with van der Waals surface area (Å²) in [4.78, 5) is 5.49. The number of nitrogens with zero attached hydrogens (tertiary/aromatic N) is 1. The molecule has 2 nitrogen and oxygen atoms in total. The van der Waals surface area contributed by atoms with Gasteiger partial charge in [-0.05, 0) is 48.1 Å². The van der Waals surface area contributed by atoms with Crippen LogP contribution >= 0.6 is 11.8 Å². The van der Waals surface area contributed by atoms with Crippen LogP contribution in [0.3, 0.4) is 0 Å². The Morgan fingerprint density at radius 1 is 1.22 bits per heavy atom. The molecule has 0 unspecified atom stereocenters. The number of halogens is 3. The number of nitrogens with one attached hydrogen (secondary N) is 1. The fourth-order valence-corrected chi connectivity index (χ4v) is 3.06. The highest BCUT2D eigenvalue weighted by Crippen LogP contribution is 2.37. The summed E-state index contributed by atoms with van der Waals surface area (Å²) in [7, 11) is 1.73. The normalized spacial score (nSPS) is 18.9. The first-order valence-electron chi connectivity index (χ1n) is 6.92. The second kappa shape index (κ2) is 6.66. The lowest BCUT2D eigenvalue weighted by Crippen LogP contribution is -2.05. The molecule has 23 heavy (non-hydrogen) atoms. The van der Waals surface area contributed by atoms with Gasteiger partial charge in [0.25, 0.3) is 0 Å². The van der Waals surface area contributed by atoms with Gasteiger partial charge in [-0.25, -0.2) is 4.99 Å². The molecular weight excluding hydrogens is 321 g/mol. The molecule has 0 fully saturated rings. The summed E-state index contributed by atoms with van der Waals surface area (Å²) in [6, 6.07) is 5.17. The third kappa shape index (κ3) is 4.07. The smallest absolute Gasteiger partial charge is 0.374 e. The molecule has 1 N–H and O–H groups in total. The Kier molecular flexibility index (Phi) is 5.04. The van der Waals surface area contributed by atoms with Crippen molar-refractivity contribution in [1.82, 2.24) is 5.32 Å². The zero-order valence-electron chi connectivity index (χ0n) is 13.1. The van der Waals surface area contributed by atoms with Gasteiger partial charge in [0.15, 0.2) is 0 Å². The predicted molar refractivity (Wildman–Crippen MR) is 91.0 cm³/mol. The summed E-state index contributed by atoms with van der Waals surface area (Å²) in [5.74, 6) is 0.535. The maximum absolute atomic E-state index is 12.7. The van der Waals surface area contributed by atoms with E-state index in [1.807, 2.05) is 19.9 Å². The van der Waals surface area contributed by atoms with E-state index < -0.39 is 11.7 Å². The Balaban J connectivity index is 2.42. The van der Waals surface area contributed by atoms with Gasteiger partial charge in [-0.1, -0.05) is 30.5 Å². The minimum Gasteiger partial charge on any atom is -0.374 e. The van der Waals surface area contributed by atoms with Gasteiger partial charge < -0.3 is 5.32 Å². The van der Waals surface area contributed by atoms with Gasteiger partial charge in [-0.3, -0.25) is 0 Å². The van der Waals surface area contributed by atoms with Crippen LogP contribution in [0, 0.1) is 0 Å². The molecule has 6 heteroatoms. The van der Waals surface area contributed by atoms with Crippen molar-refractivity contribution in [2.24, 2.45) is 4.99 Å². The second-order valence-corrected chi connectivity index (χ2v) is 6.32. The number of hydrogen-bond acceptors (Lipinski definition) is 3. The first kappa shape index (κ1) is 17.4. The first-order chi connectivity index (χ1) is 10.7. The Labute approximate surface area is 137 Å². The Morgan fingerprint density at radius 3 is 2.35 bits per heavy atom. The van der Waals surface area contributed by atoms with Crippen molar-refractivity contribution in [1.29, 1.82) is 0 Å². The molecule has 0 atom stereocenters. The standard InChI is InChI=1S/C17H17F3N2S/c1-10-9-15(16(23-10)22-12(3)21-4)11(2)13-5-7-14(8-6-13)17(18,19)20/h5-9,21H,3H2,1-2,4H3/b15-11+,22-16+. The minimum atomic E-state index is -4.32. The molecular formula is C17H17F3N2S. The maximum atomic E-state index is 12.7. The van der Waals surface area contributed by atoms with Crippen LogP contribution in [0.2, 0.25) is 0 Å². The van der Waals surface area contributed by atoms with Gasteiger partial charge in [0.05, 0.1) is 5.56 Å². The van der Waals surface area contributed by atoms with E-state index >= 15 is 0 Å². The number of alkyl halides is 3. The average Bonchev–Trinajstić information content (AvgIpc) is 2.86. The van der Waals surface area contributed by atoms with Gasteiger partial charge in [0, 0.05) is 12.6 Å². The quantitative estimate of drug-likeness (QED) is 0.817. The van der Waals surface area contributed by atoms with Crippen molar-refractivity contribution in [3.05, 3.63) is 64.3 Å². The highest BCUT2D eigenvalue weighted by Gasteiger charge is 2.30. The third-order valence-corrected chi connectivity index (χ3v) is 4.35. The van der Waals surface area contributed by atoms with Gasteiger partial charge >= 0.3 is 6.18 Å². The number of rotatable bonds is 3. The van der Waals surface area contributed by atoms with E-state index in [0.717, 1.165) is 38.8 Å². The van der Waals surface area contributed by atoms with Gasteiger partial charge in [-0.2, -0.15) is 13.2 Å². The van der Waals surface area contributed by atoms with E-state index in [-0.39, 0.29) is 0 Å². The molecule has 1 heterocycles. The third-order valence-electron chi connectivity index (χ3n) is 3.41. The lowest BCUT2D eigenvalue weighted by molar-refractivity contribution is -0.137. The molecule has 0 aliphatic carbocycles. The molecule has 122 valence electrons. The Bertz CT molecular complexity index is 710. The van der Waals surface area contributed by atoms with Crippen molar-refractivity contribution >= 4 is 22.4 Å². The molecule has 2 rings (SSSR count). The van der Waals surface area contributed by atoms with Gasteiger partial charge in [-0.15, -0.1) is 0 Å². The SMILES string of the molecule is C=C(/N=C1/SC(C)=C/C1=C(/C)c1ccc(C(F)(F)F)cc1)NC. The Morgan fingerprint density at radius 2 is 1.83 bits per heavy atom. The van der Waals surface area contributed by atoms with E-state index in [1.54, 1.807) is 7.05 Å².